The zero-order valence-electron chi connectivity index (χ0n) is 17.7. The van der Waals surface area contributed by atoms with Crippen LogP contribution in [0.25, 0.3) is 0 Å². The maximum atomic E-state index is 12.6. The minimum absolute atomic E-state index is 0. The van der Waals surface area contributed by atoms with Crippen molar-refractivity contribution in [2.24, 2.45) is 4.99 Å². The fraction of sp³-hybridized carbons (Fsp3) is 0.778. The third-order valence-electron chi connectivity index (χ3n) is 4.75. The summed E-state index contributed by atoms with van der Waals surface area (Å²) in [5.41, 5.74) is 0.435. The maximum absolute atomic E-state index is 12.6. The molecular formula is C18H35IN6O3S. The van der Waals surface area contributed by atoms with Crippen LogP contribution in [0.5, 0.6) is 0 Å². The first-order valence-electron chi connectivity index (χ1n) is 10.1. The van der Waals surface area contributed by atoms with Gasteiger partial charge in [-0.15, -0.1) is 24.0 Å². The molecule has 168 valence electrons. The first-order valence-corrected chi connectivity index (χ1v) is 11.7. The summed E-state index contributed by atoms with van der Waals surface area (Å²) >= 11 is 0. The number of likely N-dealkylation sites (N-methyl/N-ethyl adjacent to an activating group) is 1. The van der Waals surface area contributed by atoms with Crippen molar-refractivity contribution < 1.29 is 12.9 Å². The molecule has 0 spiro atoms. The van der Waals surface area contributed by atoms with Crippen LogP contribution in [0.15, 0.2) is 21.8 Å². The Morgan fingerprint density at radius 3 is 2.52 bits per heavy atom. The molecule has 1 aliphatic heterocycles. The highest BCUT2D eigenvalue weighted by molar-refractivity contribution is 14.0. The van der Waals surface area contributed by atoms with Crippen LogP contribution in [0.3, 0.4) is 0 Å². The Bertz CT molecular complexity index is 690. The van der Waals surface area contributed by atoms with Gasteiger partial charge in [-0.05, 0) is 26.4 Å². The molecule has 9 nitrogen and oxygen atoms in total. The summed E-state index contributed by atoms with van der Waals surface area (Å²) in [5, 5.41) is 7.04. The van der Waals surface area contributed by atoms with Crippen LogP contribution in [-0.4, -0.2) is 92.5 Å². The van der Waals surface area contributed by atoms with Gasteiger partial charge in [-0.25, -0.2) is 8.42 Å². The van der Waals surface area contributed by atoms with E-state index in [1.165, 1.54) is 10.6 Å². The first-order chi connectivity index (χ1) is 13.5. The number of aliphatic imine (C=N–C) groups is 1. The lowest BCUT2D eigenvalue weighted by molar-refractivity contribution is 0.258. The Labute approximate surface area is 191 Å². The third-order valence-corrected chi connectivity index (χ3v) is 6.57. The molecule has 0 amide bonds. The van der Waals surface area contributed by atoms with Gasteiger partial charge in [-0.2, -0.15) is 4.31 Å². The highest BCUT2D eigenvalue weighted by atomic mass is 127. The molecule has 1 fully saturated rings. The van der Waals surface area contributed by atoms with E-state index in [1.54, 1.807) is 6.07 Å². The van der Waals surface area contributed by atoms with Crippen molar-refractivity contribution >= 4 is 40.0 Å². The molecule has 0 saturated carbocycles. The number of guanidine groups is 1. The smallest absolute Gasteiger partial charge is 0.220 e. The fourth-order valence-electron chi connectivity index (χ4n) is 3.24. The van der Waals surface area contributed by atoms with Crippen molar-refractivity contribution in [2.75, 3.05) is 58.9 Å². The number of sulfonamides is 1. The minimum Gasteiger partial charge on any atom is -0.364 e. The Morgan fingerprint density at radius 2 is 1.97 bits per heavy atom. The normalized spacial score (nSPS) is 16.1. The van der Waals surface area contributed by atoms with E-state index in [4.69, 9.17) is 9.52 Å². The summed E-state index contributed by atoms with van der Waals surface area (Å²) in [5.74, 6) is 0.741. The number of hydrogen-bond donors (Lipinski definition) is 1. The van der Waals surface area contributed by atoms with Gasteiger partial charge in [0.15, 0.2) is 5.96 Å². The molecule has 0 unspecified atom stereocenters. The molecule has 0 atom stereocenters. The zero-order chi connectivity index (χ0) is 20.4. The monoisotopic (exact) mass is 542 g/mol. The summed E-state index contributed by atoms with van der Waals surface area (Å²) in [7, 11) is -3.39. The molecule has 0 aromatic carbocycles. The summed E-state index contributed by atoms with van der Waals surface area (Å²) in [6, 6.07) is 1.59. The van der Waals surface area contributed by atoms with E-state index in [2.05, 4.69) is 34.1 Å². The van der Waals surface area contributed by atoms with Crippen molar-refractivity contribution in [3.63, 3.8) is 0 Å². The summed E-state index contributed by atoms with van der Waals surface area (Å²) < 4.78 is 31.4. The SMILES string of the molecule is CCCN(CC)CCN=C(NCC)N1CCN(S(=O)(=O)Cc2ccon2)CC1.I. The number of nitrogens with zero attached hydrogens (tertiary/aromatic N) is 5. The zero-order valence-corrected chi connectivity index (χ0v) is 20.9. The lowest BCUT2D eigenvalue weighted by Crippen LogP contribution is -2.54. The molecule has 2 heterocycles. The lowest BCUT2D eigenvalue weighted by Gasteiger charge is -2.35. The molecule has 1 aliphatic rings. The van der Waals surface area contributed by atoms with E-state index in [0.29, 0.717) is 31.9 Å². The molecule has 29 heavy (non-hydrogen) atoms. The molecule has 1 aromatic heterocycles. The molecule has 0 radical (unpaired) electrons. The third kappa shape index (κ3) is 8.38. The van der Waals surface area contributed by atoms with E-state index < -0.39 is 10.0 Å². The van der Waals surface area contributed by atoms with Crippen LogP contribution in [0.2, 0.25) is 0 Å². The number of halogens is 1. The van der Waals surface area contributed by atoms with Crippen LogP contribution in [0, 0.1) is 0 Å². The van der Waals surface area contributed by atoms with E-state index in [0.717, 1.165) is 45.1 Å². The number of nitrogens with one attached hydrogen (secondary N) is 1. The highest BCUT2D eigenvalue weighted by Gasteiger charge is 2.28. The average Bonchev–Trinajstić information content (AvgIpc) is 3.19. The van der Waals surface area contributed by atoms with Crippen LogP contribution >= 0.6 is 24.0 Å². The van der Waals surface area contributed by atoms with Gasteiger partial charge < -0.3 is 19.6 Å². The Balaban J connectivity index is 0.00000420. The van der Waals surface area contributed by atoms with Gasteiger partial charge in [0.1, 0.15) is 12.0 Å². The van der Waals surface area contributed by atoms with Gasteiger partial charge in [0.25, 0.3) is 0 Å². The molecule has 2 rings (SSSR count). The van der Waals surface area contributed by atoms with Gasteiger partial charge in [0.2, 0.25) is 10.0 Å². The Kier molecular flexibility index (Phi) is 12.1. The molecule has 11 heteroatoms. The molecule has 0 aliphatic carbocycles. The van der Waals surface area contributed by atoms with Crippen LogP contribution < -0.4 is 5.32 Å². The second-order valence-electron chi connectivity index (χ2n) is 6.80. The predicted molar refractivity (Wildman–Crippen MR) is 126 cm³/mol. The quantitative estimate of drug-likeness (QED) is 0.272. The van der Waals surface area contributed by atoms with Gasteiger partial charge >= 0.3 is 0 Å². The largest absolute Gasteiger partial charge is 0.364 e. The van der Waals surface area contributed by atoms with E-state index in [1.807, 2.05) is 6.92 Å². The number of hydrogen-bond acceptors (Lipinski definition) is 6. The molecular weight excluding hydrogens is 507 g/mol. The standard InChI is InChI=1S/C18H34N6O3S.HI/c1-4-9-22(6-3)10-8-20-18(19-5-2)23-11-13-24(14-12-23)28(25,26)16-17-7-15-27-21-17;/h7,15H,4-6,8-14,16H2,1-3H3,(H,19,20);1H. The van der Waals surface area contributed by atoms with Gasteiger partial charge in [0, 0.05) is 45.3 Å². The van der Waals surface area contributed by atoms with Crippen molar-refractivity contribution in [1.82, 2.24) is 24.6 Å². The van der Waals surface area contributed by atoms with E-state index >= 15 is 0 Å². The number of aromatic nitrogens is 1. The van der Waals surface area contributed by atoms with Gasteiger partial charge in [0.05, 0.1) is 12.2 Å². The Morgan fingerprint density at radius 1 is 1.24 bits per heavy atom. The van der Waals surface area contributed by atoms with Crippen molar-refractivity contribution in [1.29, 1.82) is 0 Å². The van der Waals surface area contributed by atoms with E-state index in [-0.39, 0.29) is 29.7 Å². The van der Waals surface area contributed by atoms with Crippen molar-refractivity contribution in [3.8, 4) is 0 Å². The van der Waals surface area contributed by atoms with Gasteiger partial charge in [-0.3, -0.25) is 4.99 Å². The van der Waals surface area contributed by atoms with Crippen molar-refractivity contribution in [2.45, 2.75) is 32.9 Å². The summed E-state index contributed by atoms with van der Waals surface area (Å²) in [6.07, 6.45) is 2.53. The minimum atomic E-state index is -3.39. The molecule has 1 saturated heterocycles. The fourth-order valence-corrected chi connectivity index (χ4v) is 4.66. The number of piperazine rings is 1. The average molecular weight is 542 g/mol. The van der Waals surface area contributed by atoms with Crippen LogP contribution in [0.4, 0.5) is 0 Å². The van der Waals surface area contributed by atoms with Crippen LogP contribution in [-0.2, 0) is 15.8 Å². The second-order valence-corrected chi connectivity index (χ2v) is 8.77. The molecule has 0 bridgehead atoms. The van der Waals surface area contributed by atoms with E-state index in [9.17, 15) is 8.42 Å². The summed E-state index contributed by atoms with van der Waals surface area (Å²) in [4.78, 5) is 9.29. The first kappa shape index (κ1) is 26.1. The highest BCUT2D eigenvalue weighted by Crippen LogP contribution is 2.13. The Hall–Kier alpha value is -0.920. The molecule has 1 aromatic rings. The van der Waals surface area contributed by atoms with Gasteiger partial charge in [-0.1, -0.05) is 19.0 Å². The van der Waals surface area contributed by atoms with Crippen LogP contribution in [0.1, 0.15) is 32.9 Å². The number of rotatable bonds is 10. The summed E-state index contributed by atoms with van der Waals surface area (Å²) in [6.45, 7) is 13.1. The topological polar surface area (TPSA) is 94.3 Å². The predicted octanol–water partition coefficient (Wildman–Crippen LogP) is 1.44. The lowest BCUT2D eigenvalue weighted by atomic mass is 10.4. The maximum Gasteiger partial charge on any atom is 0.220 e. The second kappa shape index (κ2) is 13.4. The molecule has 1 N–H and O–H groups in total. The van der Waals surface area contributed by atoms with Crippen molar-refractivity contribution in [3.05, 3.63) is 18.0 Å².